The lowest BCUT2D eigenvalue weighted by atomic mass is 10.1. The van der Waals surface area contributed by atoms with Crippen LogP contribution in [-0.2, 0) is 6.54 Å². The molecule has 19 heavy (non-hydrogen) atoms. The summed E-state index contributed by atoms with van der Waals surface area (Å²) >= 11 is 0. The molecular weight excluding hydrogens is 240 g/mol. The first-order valence-corrected chi connectivity index (χ1v) is 6.30. The van der Waals surface area contributed by atoms with Crippen molar-refractivity contribution in [1.29, 1.82) is 0 Å². The molecule has 0 aliphatic heterocycles. The number of aromatic nitrogens is 1. The lowest BCUT2D eigenvalue weighted by Crippen LogP contribution is -2.12. The molecule has 0 spiro atoms. The Morgan fingerprint density at radius 3 is 2.53 bits per heavy atom. The molecule has 2 rings (SSSR count). The Balaban J connectivity index is 2.56. The minimum absolute atomic E-state index is 0.606. The molecule has 4 nitrogen and oxygen atoms in total. The normalized spacial score (nSPS) is 10.5. The predicted octanol–water partition coefficient (Wildman–Crippen LogP) is 2.44. The number of hydrogen-bond donors (Lipinski definition) is 1. The van der Waals surface area contributed by atoms with Crippen LogP contribution < -0.4 is 15.2 Å². The first-order chi connectivity index (χ1) is 9.21. The molecule has 0 unspecified atom stereocenters. The maximum Gasteiger partial charge on any atom is 0.128 e. The van der Waals surface area contributed by atoms with Crippen LogP contribution >= 0.6 is 0 Å². The Hall–Kier alpha value is -1.94. The van der Waals surface area contributed by atoms with E-state index >= 15 is 0 Å². The van der Waals surface area contributed by atoms with Gasteiger partial charge in [0.05, 0.1) is 19.9 Å². The van der Waals surface area contributed by atoms with Crippen LogP contribution in [0.4, 0.5) is 0 Å². The van der Waals surface area contributed by atoms with Crippen molar-refractivity contribution in [3.05, 3.63) is 36.0 Å². The van der Waals surface area contributed by atoms with Gasteiger partial charge in [-0.25, -0.2) is 0 Å². The molecule has 0 bridgehead atoms. The van der Waals surface area contributed by atoms with E-state index in [9.17, 15) is 0 Å². The summed E-state index contributed by atoms with van der Waals surface area (Å²) in [5, 5.41) is 0. The average molecular weight is 260 g/mol. The molecule has 0 saturated carbocycles. The number of benzene rings is 1. The third-order valence-corrected chi connectivity index (χ3v) is 3.23. The third-order valence-electron chi connectivity index (χ3n) is 3.23. The van der Waals surface area contributed by atoms with E-state index in [1.807, 2.05) is 18.2 Å². The minimum atomic E-state index is 0.606. The van der Waals surface area contributed by atoms with Crippen molar-refractivity contribution in [2.24, 2.45) is 5.73 Å². The van der Waals surface area contributed by atoms with Gasteiger partial charge in [0.1, 0.15) is 11.5 Å². The van der Waals surface area contributed by atoms with E-state index in [0.29, 0.717) is 6.54 Å². The molecule has 2 aromatic rings. The third kappa shape index (κ3) is 2.58. The fourth-order valence-corrected chi connectivity index (χ4v) is 2.24. The quantitative estimate of drug-likeness (QED) is 0.898. The fourth-order valence-electron chi connectivity index (χ4n) is 2.24. The highest BCUT2D eigenvalue weighted by Crippen LogP contribution is 2.34. The fraction of sp³-hybridized carbons (Fsp3) is 0.333. The van der Waals surface area contributed by atoms with Crippen LogP contribution in [-0.4, -0.2) is 25.3 Å². The molecule has 2 N–H and O–H groups in total. The number of hydrogen-bond acceptors (Lipinski definition) is 3. The van der Waals surface area contributed by atoms with Crippen molar-refractivity contribution in [3.63, 3.8) is 0 Å². The highest BCUT2D eigenvalue weighted by atomic mass is 16.5. The molecule has 0 aliphatic carbocycles. The SMILES string of the molecule is COc1ccc(OC)c(-c2ccc(C)n2CCN)c1. The summed E-state index contributed by atoms with van der Waals surface area (Å²) in [6.45, 7) is 3.47. The number of nitrogens with zero attached hydrogens (tertiary/aromatic N) is 1. The molecular formula is C15H20N2O2. The first-order valence-electron chi connectivity index (χ1n) is 6.30. The van der Waals surface area contributed by atoms with Crippen LogP contribution in [0.15, 0.2) is 30.3 Å². The van der Waals surface area contributed by atoms with E-state index in [1.54, 1.807) is 14.2 Å². The van der Waals surface area contributed by atoms with E-state index in [0.717, 1.165) is 29.3 Å². The Bertz CT molecular complexity index is 561. The zero-order valence-corrected chi connectivity index (χ0v) is 11.6. The molecule has 0 radical (unpaired) electrons. The first kappa shape index (κ1) is 13.5. The largest absolute Gasteiger partial charge is 0.497 e. The summed E-state index contributed by atoms with van der Waals surface area (Å²) in [6, 6.07) is 9.97. The number of methoxy groups -OCH3 is 2. The second kappa shape index (κ2) is 5.80. The molecule has 1 heterocycles. The molecule has 4 heteroatoms. The molecule has 0 saturated heterocycles. The summed E-state index contributed by atoms with van der Waals surface area (Å²) < 4.78 is 12.9. The maximum atomic E-state index is 5.69. The second-order valence-corrected chi connectivity index (χ2v) is 4.37. The Kier molecular flexibility index (Phi) is 4.12. The zero-order chi connectivity index (χ0) is 13.8. The van der Waals surface area contributed by atoms with Crippen LogP contribution in [0.25, 0.3) is 11.3 Å². The van der Waals surface area contributed by atoms with Gasteiger partial charge < -0.3 is 19.8 Å². The highest BCUT2D eigenvalue weighted by molar-refractivity contribution is 5.70. The van der Waals surface area contributed by atoms with Gasteiger partial charge in [0.25, 0.3) is 0 Å². The van der Waals surface area contributed by atoms with E-state index in [2.05, 4.69) is 23.6 Å². The second-order valence-electron chi connectivity index (χ2n) is 4.37. The minimum Gasteiger partial charge on any atom is -0.497 e. The Morgan fingerprint density at radius 2 is 1.89 bits per heavy atom. The lowest BCUT2D eigenvalue weighted by molar-refractivity contribution is 0.404. The van der Waals surface area contributed by atoms with Crippen molar-refractivity contribution in [3.8, 4) is 22.8 Å². The number of aryl methyl sites for hydroxylation is 1. The van der Waals surface area contributed by atoms with Gasteiger partial charge in [-0.3, -0.25) is 0 Å². The van der Waals surface area contributed by atoms with Gasteiger partial charge in [0, 0.05) is 24.3 Å². The summed E-state index contributed by atoms with van der Waals surface area (Å²) in [5.41, 5.74) is 8.98. The van der Waals surface area contributed by atoms with Crippen LogP contribution in [0.2, 0.25) is 0 Å². The molecule has 1 aromatic heterocycles. The van der Waals surface area contributed by atoms with Crippen LogP contribution in [0, 0.1) is 6.92 Å². The van der Waals surface area contributed by atoms with E-state index < -0.39 is 0 Å². The van der Waals surface area contributed by atoms with Gasteiger partial charge in [-0.05, 0) is 37.3 Å². The molecule has 0 fully saturated rings. The van der Waals surface area contributed by atoms with Gasteiger partial charge >= 0.3 is 0 Å². The van der Waals surface area contributed by atoms with Crippen molar-refractivity contribution in [1.82, 2.24) is 4.57 Å². The van der Waals surface area contributed by atoms with E-state index in [1.165, 1.54) is 5.69 Å². The van der Waals surface area contributed by atoms with Crippen molar-refractivity contribution < 1.29 is 9.47 Å². The summed E-state index contributed by atoms with van der Waals surface area (Å²) in [4.78, 5) is 0. The zero-order valence-electron chi connectivity index (χ0n) is 11.6. The predicted molar refractivity (Wildman–Crippen MR) is 76.8 cm³/mol. The molecule has 102 valence electrons. The standard InChI is InChI=1S/C15H20N2O2/c1-11-4-6-14(17(11)9-8-16)13-10-12(18-2)5-7-15(13)19-3/h4-7,10H,8-9,16H2,1-3H3. The monoisotopic (exact) mass is 260 g/mol. The molecule has 0 aliphatic rings. The van der Waals surface area contributed by atoms with E-state index in [-0.39, 0.29) is 0 Å². The van der Waals surface area contributed by atoms with Crippen molar-refractivity contribution in [2.75, 3.05) is 20.8 Å². The molecule has 1 aromatic carbocycles. The summed E-state index contributed by atoms with van der Waals surface area (Å²) in [5.74, 6) is 1.64. The molecule has 0 amide bonds. The summed E-state index contributed by atoms with van der Waals surface area (Å²) in [7, 11) is 3.34. The van der Waals surface area contributed by atoms with Gasteiger partial charge in [-0.15, -0.1) is 0 Å². The van der Waals surface area contributed by atoms with E-state index in [4.69, 9.17) is 15.2 Å². The topological polar surface area (TPSA) is 49.4 Å². The summed E-state index contributed by atoms with van der Waals surface area (Å²) in [6.07, 6.45) is 0. The maximum absolute atomic E-state index is 5.69. The highest BCUT2D eigenvalue weighted by Gasteiger charge is 2.13. The Labute approximate surface area is 113 Å². The number of rotatable bonds is 5. The van der Waals surface area contributed by atoms with Gasteiger partial charge in [0.2, 0.25) is 0 Å². The van der Waals surface area contributed by atoms with Gasteiger partial charge in [0.15, 0.2) is 0 Å². The van der Waals surface area contributed by atoms with Crippen LogP contribution in [0.1, 0.15) is 5.69 Å². The van der Waals surface area contributed by atoms with Crippen LogP contribution in [0.5, 0.6) is 11.5 Å². The van der Waals surface area contributed by atoms with Gasteiger partial charge in [-0.2, -0.15) is 0 Å². The number of ether oxygens (including phenoxy) is 2. The lowest BCUT2D eigenvalue weighted by Gasteiger charge is -2.14. The Morgan fingerprint density at radius 1 is 1.11 bits per heavy atom. The van der Waals surface area contributed by atoms with Crippen molar-refractivity contribution >= 4 is 0 Å². The van der Waals surface area contributed by atoms with Gasteiger partial charge in [-0.1, -0.05) is 0 Å². The van der Waals surface area contributed by atoms with Crippen LogP contribution in [0.3, 0.4) is 0 Å². The van der Waals surface area contributed by atoms with Crippen molar-refractivity contribution in [2.45, 2.75) is 13.5 Å². The average Bonchev–Trinajstić information content (AvgIpc) is 2.80. The smallest absolute Gasteiger partial charge is 0.128 e. The molecule has 0 atom stereocenters. The number of nitrogens with two attached hydrogens (primary N) is 1.